The third-order valence-corrected chi connectivity index (χ3v) is 4.30. The molecular weight excluding hydrogens is 246 g/mol. The molecule has 0 saturated heterocycles. The molecule has 90 valence electrons. The van der Waals surface area contributed by atoms with Gasteiger partial charge in [0, 0.05) is 12.4 Å². The first kappa shape index (κ1) is 13.5. The van der Waals surface area contributed by atoms with E-state index in [1.54, 1.807) is 30.3 Å². The molecule has 0 amide bonds. The van der Waals surface area contributed by atoms with Crippen LogP contribution in [-0.2, 0) is 10.0 Å². The lowest BCUT2D eigenvalue weighted by Gasteiger charge is -2.21. The van der Waals surface area contributed by atoms with Gasteiger partial charge in [-0.3, -0.25) is 0 Å². The molecule has 0 fully saturated rings. The van der Waals surface area contributed by atoms with Crippen LogP contribution in [0, 0.1) is 5.41 Å². The third kappa shape index (κ3) is 3.77. The highest BCUT2D eigenvalue weighted by Crippen LogP contribution is 2.17. The van der Waals surface area contributed by atoms with Gasteiger partial charge in [-0.2, -0.15) is 0 Å². The van der Waals surface area contributed by atoms with Crippen molar-refractivity contribution in [2.75, 3.05) is 12.4 Å². The maximum absolute atomic E-state index is 11.8. The summed E-state index contributed by atoms with van der Waals surface area (Å²) in [4.78, 5) is 0.278. The summed E-state index contributed by atoms with van der Waals surface area (Å²) in [6, 6.07) is 8.30. The van der Waals surface area contributed by atoms with Gasteiger partial charge < -0.3 is 0 Å². The zero-order valence-corrected chi connectivity index (χ0v) is 11.0. The van der Waals surface area contributed by atoms with Crippen LogP contribution in [0.25, 0.3) is 0 Å². The molecule has 0 saturated carbocycles. The van der Waals surface area contributed by atoms with E-state index >= 15 is 0 Å². The minimum Gasteiger partial charge on any atom is -0.211 e. The van der Waals surface area contributed by atoms with Gasteiger partial charge in [0.25, 0.3) is 0 Å². The molecule has 0 unspecified atom stereocenters. The molecule has 0 aliphatic heterocycles. The first-order valence-electron chi connectivity index (χ1n) is 4.98. The molecule has 0 atom stereocenters. The van der Waals surface area contributed by atoms with Crippen LogP contribution in [0.5, 0.6) is 0 Å². The van der Waals surface area contributed by atoms with Crippen LogP contribution in [0.2, 0.25) is 0 Å². The maximum atomic E-state index is 11.8. The van der Waals surface area contributed by atoms with Gasteiger partial charge >= 0.3 is 0 Å². The molecule has 5 heteroatoms. The Morgan fingerprint density at radius 2 is 1.81 bits per heavy atom. The number of hydrogen-bond acceptors (Lipinski definition) is 2. The highest BCUT2D eigenvalue weighted by molar-refractivity contribution is 7.89. The molecule has 1 N–H and O–H groups in total. The van der Waals surface area contributed by atoms with Crippen LogP contribution in [0.15, 0.2) is 35.2 Å². The predicted molar refractivity (Wildman–Crippen MR) is 66.1 cm³/mol. The summed E-state index contributed by atoms with van der Waals surface area (Å²) >= 11 is 5.73. The zero-order valence-electron chi connectivity index (χ0n) is 9.40. The summed E-state index contributed by atoms with van der Waals surface area (Å²) in [5, 5.41) is 0. The topological polar surface area (TPSA) is 46.2 Å². The van der Waals surface area contributed by atoms with Crippen LogP contribution in [-0.4, -0.2) is 20.8 Å². The summed E-state index contributed by atoms with van der Waals surface area (Å²) in [7, 11) is -3.41. The number of sulfonamides is 1. The largest absolute Gasteiger partial charge is 0.240 e. The Bertz CT molecular complexity index is 429. The SMILES string of the molecule is CC(C)(CCl)CNS(=O)(=O)c1ccccc1. The van der Waals surface area contributed by atoms with Gasteiger partial charge in [0.2, 0.25) is 10.0 Å². The Morgan fingerprint density at radius 1 is 1.25 bits per heavy atom. The first-order chi connectivity index (χ1) is 7.37. The van der Waals surface area contributed by atoms with Crippen molar-refractivity contribution < 1.29 is 8.42 Å². The zero-order chi connectivity index (χ0) is 12.2. The van der Waals surface area contributed by atoms with Gasteiger partial charge in [-0.05, 0) is 17.5 Å². The summed E-state index contributed by atoms with van der Waals surface area (Å²) < 4.78 is 26.2. The van der Waals surface area contributed by atoms with E-state index in [4.69, 9.17) is 11.6 Å². The van der Waals surface area contributed by atoms with Crippen molar-refractivity contribution in [3.05, 3.63) is 30.3 Å². The van der Waals surface area contributed by atoms with E-state index in [0.29, 0.717) is 12.4 Å². The summed E-state index contributed by atoms with van der Waals surface area (Å²) in [6.45, 7) is 4.15. The van der Waals surface area contributed by atoms with E-state index in [-0.39, 0.29) is 10.3 Å². The van der Waals surface area contributed by atoms with Crippen molar-refractivity contribution in [1.29, 1.82) is 0 Å². The first-order valence-corrected chi connectivity index (χ1v) is 7.00. The van der Waals surface area contributed by atoms with Crippen LogP contribution in [0.3, 0.4) is 0 Å². The van der Waals surface area contributed by atoms with Crippen molar-refractivity contribution >= 4 is 21.6 Å². The predicted octanol–water partition coefficient (Wildman–Crippen LogP) is 2.23. The summed E-state index contributed by atoms with van der Waals surface area (Å²) in [5.41, 5.74) is -0.247. The quantitative estimate of drug-likeness (QED) is 0.827. The van der Waals surface area contributed by atoms with E-state index in [1.807, 2.05) is 13.8 Å². The van der Waals surface area contributed by atoms with Crippen molar-refractivity contribution in [1.82, 2.24) is 4.72 Å². The van der Waals surface area contributed by atoms with Gasteiger partial charge in [0.15, 0.2) is 0 Å². The monoisotopic (exact) mass is 261 g/mol. The Hall–Kier alpha value is -0.580. The number of benzene rings is 1. The van der Waals surface area contributed by atoms with Crippen LogP contribution >= 0.6 is 11.6 Å². The van der Waals surface area contributed by atoms with E-state index in [1.165, 1.54) is 0 Å². The fourth-order valence-electron chi connectivity index (χ4n) is 1.02. The fraction of sp³-hybridized carbons (Fsp3) is 0.455. The smallest absolute Gasteiger partial charge is 0.211 e. The number of nitrogens with one attached hydrogen (secondary N) is 1. The normalized spacial score (nSPS) is 12.7. The number of alkyl halides is 1. The lowest BCUT2D eigenvalue weighted by Crippen LogP contribution is -2.34. The second kappa shape index (κ2) is 5.17. The van der Waals surface area contributed by atoms with E-state index in [2.05, 4.69) is 4.72 Å². The van der Waals surface area contributed by atoms with Crippen molar-refractivity contribution in [3.8, 4) is 0 Å². The Balaban J connectivity index is 2.75. The molecule has 0 bridgehead atoms. The van der Waals surface area contributed by atoms with Crippen molar-refractivity contribution in [3.63, 3.8) is 0 Å². The molecule has 16 heavy (non-hydrogen) atoms. The summed E-state index contributed by atoms with van der Waals surface area (Å²) in [5.74, 6) is 0.407. The standard InChI is InChI=1S/C11H16ClNO2S/c1-11(2,8-12)9-13-16(14,15)10-6-4-3-5-7-10/h3-7,13H,8-9H2,1-2H3. The fourth-order valence-corrected chi connectivity index (χ4v) is 2.38. The minimum absolute atomic E-state index is 0.247. The molecule has 1 rings (SSSR count). The lowest BCUT2D eigenvalue weighted by molar-refractivity contribution is 0.414. The molecule has 0 spiro atoms. The van der Waals surface area contributed by atoms with E-state index in [0.717, 1.165) is 0 Å². The number of rotatable bonds is 5. The van der Waals surface area contributed by atoms with Crippen LogP contribution < -0.4 is 4.72 Å². The van der Waals surface area contributed by atoms with E-state index in [9.17, 15) is 8.42 Å². The maximum Gasteiger partial charge on any atom is 0.240 e. The van der Waals surface area contributed by atoms with Crippen LogP contribution in [0.1, 0.15) is 13.8 Å². The molecule has 0 aromatic heterocycles. The number of hydrogen-bond donors (Lipinski definition) is 1. The Morgan fingerprint density at radius 3 is 2.31 bits per heavy atom. The van der Waals surface area contributed by atoms with Crippen molar-refractivity contribution in [2.24, 2.45) is 5.41 Å². The van der Waals surface area contributed by atoms with Gasteiger partial charge in [-0.1, -0.05) is 32.0 Å². The highest BCUT2D eigenvalue weighted by atomic mass is 35.5. The molecule has 0 radical (unpaired) electrons. The Labute approximate surface area is 102 Å². The second-order valence-electron chi connectivity index (χ2n) is 4.44. The van der Waals surface area contributed by atoms with Gasteiger partial charge in [-0.25, -0.2) is 13.1 Å². The second-order valence-corrected chi connectivity index (χ2v) is 6.47. The molecule has 0 aliphatic rings. The van der Waals surface area contributed by atoms with E-state index < -0.39 is 10.0 Å². The molecule has 3 nitrogen and oxygen atoms in total. The average Bonchev–Trinajstić information content (AvgIpc) is 2.28. The van der Waals surface area contributed by atoms with Crippen LogP contribution in [0.4, 0.5) is 0 Å². The number of halogens is 1. The lowest BCUT2D eigenvalue weighted by atomic mass is 9.97. The average molecular weight is 262 g/mol. The minimum atomic E-state index is -3.41. The molecule has 1 aromatic rings. The highest BCUT2D eigenvalue weighted by Gasteiger charge is 2.21. The van der Waals surface area contributed by atoms with Crippen molar-refractivity contribution in [2.45, 2.75) is 18.7 Å². The molecule has 0 aliphatic carbocycles. The third-order valence-electron chi connectivity index (χ3n) is 2.16. The molecule has 1 aromatic carbocycles. The molecular formula is C11H16ClNO2S. The van der Waals surface area contributed by atoms with Gasteiger partial charge in [0.05, 0.1) is 4.90 Å². The van der Waals surface area contributed by atoms with Gasteiger partial charge in [0.1, 0.15) is 0 Å². The Kier molecular flexibility index (Phi) is 4.35. The van der Waals surface area contributed by atoms with Gasteiger partial charge in [-0.15, -0.1) is 11.6 Å². The summed E-state index contributed by atoms with van der Waals surface area (Å²) in [6.07, 6.45) is 0. The molecule has 0 heterocycles.